The van der Waals surface area contributed by atoms with E-state index in [1.165, 1.54) is 19.2 Å². The number of rotatable bonds is 8. The number of hydrogen-bond donors (Lipinski definition) is 1. The fourth-order valence-electron chi connectivity index (χ4n) is 4.07. The van der Waals surface area contributed by atoms with Gasteiger partial charge in [-0.2, -0.15) is 0 Å². The lowest BCUT2D eigenvalue weighted by Crippen LogP contribution is -2.31. The summed E-state index contributed by atoms with van der Waals surface area (Å²) in [6.45, 7) is 0.556. The molecule has 1 aliphatic heterocycles. The highest BCUT2D eigenvalue weighted by molar-refractivity contribution is 7.80. The average Bonchev–Trinajstić information content (AvgIpc) is 3.44. The number of carbonyl (C=O) groups is 1. The second kappa shape index (κ2) is 9.78. The van der Waals surface area contributed by atoms with Gasteiger partial charge in [0.2, 0.25) is 0 Å². The van der Waals surface area contributed by atoms with Crippen LogP contribution in [0.2, 0.25) is 0 Å². The molecular formula is C23H23N5O4S. The molecule has 0 radical (unpaired) electrons. The monoisotopic (exact) mass is 465 g/mol. The number of nitro groups is 1. The first kappa shape index (κ1) is 22.4. The Labute approximate surface area is 196 Å². The van der Waals surface area contributed by atoms with Crippen LogP contribution in [0.5, 0.6) is 0 Å². The van der Waals surface area contributed by atoms with Crippen molar-refractivity contribution in [3.63, 3.8) is 0 Å². The molecule has 3 aromatic rings. The highest BCUT2D eigenvalue weighted by Crippen LogP contribution is 2.39. The van der Waals surface area contributed by atoms with Gasteiger partial charge in [-0.25, -0.2) is 0 Å². The predicted molar refractivity (Wildman–Crippen MR) is 126 cm³/mol. The van der Waals surface area contributed by atoms with Gasteiger partial charge in [0.1, 0.15) is 0 Å². The van der Waals surface area contributed by atoms with Crippen LogP contribution in [0.3, 0.4) is 0 Å². The van der Waals surface area contributed by atoms with Crippen LogP contribution >= 0.6 is 12.2 Å². The summed E-state index contributed by atoms with van der Waals surface area (Å²) in [6.07, 6.45) is 4.53. The Morgan fingerprint density at radius 2 is 2.00 bits per heavy atom. The van der Waals surface area contributed by atoms with Gasteiger partial charge in [-0.1, -0.05) is 6.07 Å². The molecule has 2 aromatic heterocycles. The van der Waals surface area contributed by atoms with Gasteiger partial charge in [-0.15, -0.1) is 0 Å². The van der Waals surface area contributed by atoms with E-state index in [-0.39, 0.29) is 23.7 Å². The third-order valence-corrected chi connectivity index (χ3v) is 5.98. The van der Waals surface area contributed by atoms with Gasteiger partial charge in [-0.3, -0.25) is 19.9 Å². The molecule has 9 nitrogen and oxygen atoms in total. The second-order valence-electron chi connectivity index (χ2n) is 7.58. The Balaban J connectivity index is 1.70. The van der Waals surface area contributed by atoms with Crippen LogP contribution in [0, 0.1) is 10.1 Å². The van der Waals surface area contributed by atoms with Gasteiger partial charge in [0.15, 0.2) is 5.11 Å². The van der Waals surface area contributed by atoms with E-state index in [1.54, 1.807) is 18.3 Å². The molecule has 10 heteroatoms. The number of nitrogens with one attached hydrogen (secondary N) is 1. The van der Waals surface area contributed by atoms with Gasteiger partial charge >= 0.3 is 5.97 Å². The maximum absolute atomic E-state index is 11.6. The number of ether oxygens (including phenoxy) is 1. The maximum atomic E-state index is 11.6. The molecule has 33 heavy (non-hydrogen) atoms. The van der Waals surface area contributed by atoms with Gasteiger partial charge in [0.05, 0.1) is 29.8 Å². The first-order valence-electron chi connectivity index (χ1n) is 10.5. The highest BCUT2D eigenvalue weighted by Gasteiger charge is 2.41. The van der Waals surface area contributed by atoms with Gasteiger partial charge in [-0.05, 0) is 55.0 Å². The Morgan fingerprint density at radius 3 is 2.67 bits per heavy atom. The standard InChI is InChI=1S/C23H23N5O4S/c1-32-20(29)8-5-15-27-22(21(25-23(27)33)18-6-2-3-13-24-18)19-7-4-14-26(19)16-9-11-17(12-10-16)28(30)31/h2-4,6-7,9-14,21-22H,5,8,15H2,1H3,(H,25,33)/t21-,22+/m1/s1. The minimum Gasteiger partial charge on any atom is -0.469 e. The number of thiocarbonyl (C=S) groups is 1. The van der Waals surface area contributed by atoms with Crippen molar-refractivity contribution in [2.75, 3.05) is 13.7 Å². The van der Waals surface area contributed by atoms with Crippen molar-refractivity contribution in [2.24, 2.45) is 0 Å². The van der Waals surface area contributed by atoms with E-state index >= 15 is 0 Å². The number of hydrogen-bond acceptors (Lipinski definition) is 6. The number of pyridine rings is 1. The number of nitro benzene ring substituents is 1. The summed E-state index contributed by atoms with van der Waals surface area (Å²) in [6, 6.07) is 15.7. The normalized spacial score (nSPS) is 17.6. The number of methoxy groups -OCH3 is 1. The molecule has 170 valence electrons. The average molecular weight is 466 g/mol. The molecule has 0 saturated carbocycles. The molecule has 0 bridgehead atoms. The summed E-state index contributed by atoms with van der Waals surface area (Å²) >= 11 is 5.67. The fourth-order valence-corrected chi connectivity index (χ4v) is 4.40. The lowest BCUT2D eigenvalue weighted by Gasteiger charge is -2.29. The van der Waals surface area contributed by atoms with Crippen LogP contribution in [0.4, 0.5) is 5.69 Å². The van der Waals surface area contributed by atoms with E-state index in [2.05, 4.69) is 15.2 Å². The molecule has 1 aliphatic rings. The molecule has 0 aliphatic carbocycles. The van der Waals surface area contributed by atoms with Crippen molar-refractivity contribution >= 4 is 29.0 Å². The van der Waals surface area contributed by atoms with E-state index in [1.807, 2.05) is 41.1 Å². The molecule has 0 unspecified atom stereocenters. The first-order chi connectivity index (χ1) is 16.0. The summed E-state index contributed by atoms with van der Waals surface area (Å²) in [5.41, 5.74) is 2.63. The minimum absolute atomic E-state index is 0.0342. The van der Waals surface area contributed by atoms with Crippen molar-refractivity contribution in [2.45, 2.75) is 24.9 Å². The first-order valence-corrected chi connectivity index (χ1v) is 10.9. The Kier molecular flexibility index (Phi) is 6.64. The summed E-state index contributed by atoms with van der Waals surface area (Å²) < 4.78 is 6.76. The molecule has 2 atom stereocenters. The largest absolute Gasteiger partial charge is 0.469 e. The molecule has 1 aromatic carbocycles. The third kappa shape index (κ3) is 4.70. The summed E-state index contributed by atoms with van der Waals surface area (Å²) in [5, 5.41) is 15.0. The maximum Gasteiger partial charge on any atom is 0.305 e. The van der Waals surface area contributed by atoms with E-state index in [4.69, 9.17) is 17.0 Å². The van der Waals surface area contributed by atoms with E-state index < -0.39 is 4.92 Å². The van der Waals surface area contributed by atoms with E-state index in [9.17, 15) is 14.9 Å². The molecule has 1 saturated heterocycles. The fraction of sp³-hybridized carbons (Fsp3) is 0.261. The SMILES string of the molecule is COC(=O)CCCN1C(=S)N[C@H](c2ccccn2)[C@@H]1c1cccn1-c1ccc([N+](=O)[O-])cc1. The highest BCUT2D eigenvalue weighted by atomic mass is 32.1. The quantitative estimate of drug-likeness (QED) is 0.232. The summed E-state index contributed by atoms with van der Waals surface area (Å²) in [5.74, 6) is -0.264. The van der Waals surface area contributed by atoms with Crippen LogP contribution in [0.15, 0.2) is 67.0 Å². The molecule has 3 heterocycles. The zero-order chi connectivity index (χ0) is 23.4. The van der Waals surface area contributed by atoms with Crippen molar-refractivity contribution in [1.82, 2.24) is 19.8 Å². The number of carbonyl (C=O) groups excluding carboxylic acids is 1. The van der Waals surface area contributed by atoms with E-state index in [0.29, 0.717) is 24.5 Å². The minimum atomic E-state index is -0.417. The predicted octanol–water partition coefficient (Wildman–Crippen LogP) is 3.71. The van der Waals surface area contributed by atoms with Crippen LogP contribution in [0.25, 0.3) is 5.69 Å². The van der Waals surface area contributed by atoms with Crippen LogP contribution in [0.1, 0.15) is 36.3 Å². The lowest BCUT2D eigenvalue weighted by atomic mass is 10.0. The van der Waals surface area contributed by atoms with Crippen molar-refractivity contribution in [1.29, 1.82) is 0 Å². The van der Waals surface area contributed by atoms with Crippen molar-refractivity contribution in [3.05, 3.63) is 88.5 Å². The smallest absolute Gasteiger partial charge is 0.305 e. The summed E-state index contributed by atoms with van der Waals surface area (Å²) in [4.78, 5) is 28.9. The number of benzene rings is 1. The number of esters is 1. The van der Waals surface area contributed by atoms with E-state index in [0.717, 1.165) is 17.1 Å². The van der Waals surface area contributed by atoms with Gasteiger partial charge in [0, 0.05) is 48.9 Å². The molecule has 1 N–H and O–H groups in total. The number of nitrogens with zero attached hydrogens (tertiary/aromatic N) is 4. The van der Waals surface area contributed by atoms with Crippen LogP contribution in [-0.2, 0) is 9.53 Å². The molecule has 0 spiro atoms. The Hall–Kier alpha value is -3.79. The van der Waals surface area contributed by atoms with Crippen LogP contribution in [-0.4, -0.2) is 44.1 Å². The molecule has 4 rings (SSSR count). The Morgan fingerprint density at radius 1 is 1.21 bits per heavy atom. The van der Waals surface area contributed by atoms with Gasteiger partial charge in [0.25, 0.3) is 5.69 Å². The third-order valence-electron chi connectivity index (χ3n) is 5.63. The van der Waals surface area contributed by atoms with Gasteiger partial charge < -0.3 is 19.5 Å². The zero-order valence-corrected chi connectivity index (χ0v) is 18.8. The lowest BCUT2D eigenvalue weighted by molar-refractivity contribution is -0.384. The topological polar surface area (TPSA) is 103 Å². The Bertz CT molecular complexity index is 1150. The summed E-state index contributed by atoms with van der Waals surface area (Å²) in [7, 11) is 1.38. The molecular weight excluding hydrogens is 442 g/mol. The number of non-ortho nitro benzene ring substituents is 1. The molecule has 0 amide bonds. The van der Waals surface area contributed by atoms with Crippen molar-refractivity contribution < 1.29 is 14.5 Å². The number of aromatic nitrogens is 2. The van der Waals surface area contributed by atoms with Crippen molar-refractivity contribution in [3.8, 4) is 5.69 Å². The zero-order valence-electron chi connectivity index (χ0n) is 18.0. The molecule has 1 fully saturated rings. The van der Waals surface area contributed by atoms with Crippen LogP contribution < -0.4 is 5.32 Å². The second-order valence-corrected chi connectivity index (χ2v) is 7.96.